The Labute approximate surface area is 115 Å². The molecular formula is C15H23ClO2. The highest BCUT2D eigenvalue weighted by Crippen LogP contribution is 2.26. The Bertz CT molecular complexity index is 350. The highest BCUT2D eigenvalue weighted by atomic mass is 35.5. The molecule has 0 aliphatic carbocycles. The second-order valence-corrected chi connectivity index (χ2v) is 5.30. The molecule has 0 fully saturated rings. The Kier molecular flexibility index (Phi) is 7.14. The van der Waals surface area contributed by atoms with Crippen LogP contribution in [0.1, 0.15) is 32.3 Å². The smallest absolute Gasteiger partial charge is 0.138 e. The molecule has 1 aromatic carbocycles. The first-order valence-electron chi connectivity index (χ1n) is 6.53. The van der Waals surface area contributed by atoms with Gasteiger partial charge in [0.05, 0.1) is 11.6 Å². The summed E-state index contributed by atoms with van der Waals surface area (Å²) in [7, 11) is 1.69. The van der Waals surface area contributed by atoms with Crippen molar-refractivity contribution in [3.63, 3.8) is 0 Å². The van der Waals surface area contributed by atoms with Crippen LogP contribution in [0.15, 0.2) is 18.2 Å². The van der Waals surface area contributed by atoms with Crippen LogP contribution in [-0.4, -0.2) is 20.3 Å². The number of methoxy groups -OCH3 is 1. The average Bonchev–Trinajstić information content (AvgIpc) is 2.35. The number of hydrogen-bond acceptors (Lipinski definition) is 2. The van der Waals surface area contributed by atoms with Gasteiger partial charge in [0.25, 0.3) is 0 Å². The van der Waals surface area contributed by atoms with Gasteiger partial charge in [0.2, 0.25) is 0 Å². The van der Waals surface area contributed by atoms with E-state index in [0.717, 1.165) is 18.6 Å². The van der Waals surface area contributed by atoms with Crippen molar-refractivity contribution in [1.29, 1.82) is 0 Å². The molecule has 0 saturated heterocycles. The summed E-state index contributed by atoms with van der Waals surface area (Å²) < 4.78 is 10.7. The Balaban J connectivity index is 2.52. The molecule has 0 atom stereocenters. The summed E-state index contributed by atoms with van der Waals surface area (Å²) >= 11 is 6.12. The van der Waals surface area contributed by atoms with Gasteiger partial charge < -0.3 is 9.47 Å². The molecule has 2 nitrogen and oxygen atoms in total. The quantitative estimate of drug-likeness (QED) is 0.654. The second-order valence-electron chi connectivity index (χ2n) is 4.89. The lowest BCUT2D eigenvalue weighted by Gasteiger charge is -2.10. The number of rotatable bonds is 8. The van der Waals surface area contributed by atoms with Gasteiger partial charge >= 0.3 is 0 Å². The zero-order valence-corrected chi connectivity index (χ0v) is 12.3. The lowest BCUT2D eigenvalue weighted by atomic mass is 10.0. The lowest BCUT2D eigenvalue weighted by Crippen LogP contribution is -2.02. The first-order chi connectivity index (χ1) is 8.63. The van der Waals surface area contributed by atoms with E-state index < -0.39 is 0 Å². The van der Waals surface area contributed by atoms with Gasteiger partial charge in [-0.2, -0.15) is 0 Å². The van der Waals surface area contributed by atoms with Crippen molar-refractivity contribution in [2.45, 2.75) is 33.1 Å². The zero-order chi connectivity index (χ0) is 13.4. The molecule has 18 heavy (non-hydrogen) atoms. The van der Waals surface area contributed by atoms with Crippen molar-refractivity contribution in [2.75, 3.05) is 20.3 Å². The molecule has 0 bridgehead atoms. The minimum absolute atomic E-state index is 0.640. The van der Waals surface area contributed by atoms with E-state index in [-0.39, 0.29) is 0 Å². The lowest BCUT2D eigenvalue weighted by molar-refractivity contribution is 0.172. The number of ether oxygens (including phenoxy) is 2. The SMILES string of the molecule is COCCCOc1cc(CCC(C)C)ccc1Cl. The van der Waals surface area contributed by atoms with Gasteiger partial charge in [-0.25, -0.2) is 0 Å². The van der Waals surface area contributed by atoms with Crippen LogP contribution < -0.4 is 4.74 Å². The van der Waals surface area contributed by atoms with Crippen LogP contribution in [0.2, 0.25) is 5.02 Å². The van der Waals surface area contributed by atoms with Crippen molar-refractivity contribution in [1.82, 2.24) is 0 Å². The molecule has 0 spiro atoms. The molecule has 0 aliphatic rings. The van der Waals surface area contributed by atoms with Crippen LogP contribution in [0.5, 0.6) is 5.75 Å². The minimum Gasteiger partial charge on any atom is -0.492 e. The van der Waals surface area contributed by atoms with Gasteiger partial charge in [-0.05, 0) is 36.5 Å². The number of aryl methyl sites for hydroxylation is 1. The first kappa shape index (κ1) is 15.3. The van der Waals surface area contributed by atoms with Gasteiger partial charge in [-0.3, -0.25) is 0 Å². The summed E-state index contributed by atoms with van der Waals surface area (Å²) in [6, 6.07) is 6.05. The molecule has 0 aromatic heterocycles. The number of halogens is 1. The fraction of sp³-hybridized carbons (Fsp3) is 0.600. The van der Waals surface area contributed by atoms with Crippen LogP contribution in [0.25, 0.3) is 0 Å². The molecule has 3 heteroatoms. The molecule has 1 aromatic rings. The van der Waals surface area contributed by atoms with Crippen molar-refractivity contribution in [2.24, 2.45) is 5.92 Å². The molecule has 0 saturated carbocycles. The van der Waals surface area contributed by atoms with Crippen LogP contribution in [0.3, 0.4) is 0 Å². The zero-order valence-electron chi connectivity index (χ0n) is 11.5. The highest BCUT2D eigenvalue weighted by Gasteiger charge is 2.04. The maximum absolute atomic E-state index is 6.12. The molecule has 0 unspecified atom stereocenters. The average molecular weight is 271 g/mol. The monoisotopic (exact) mass is 270 g/mol. The summed E-state index contributed by atoms with van der Waals surface area (Å²) in [4.78, 5) is 0. The van der Waals surface area contributed by atoms with Crippen molar-refractivity contribution >= 4 is 11.6 Å². The molecule has 0 heterocycles. The van der Waals surface area contributed by atoms with E-state index >= 15 is 0 Å². The molecule has 0 aliphatic heterocycles. The molecular weight excluding hydrogens is 248 g/mol. The van der Waals surface area contributed by atoms with Gasteiger partial charge in [-0.15, -0.1) is 0 Å². The molecule has 0 N–H and O–H groups in total. The van der Waals surface area contributed by atoms with E-state index in [9.17, 15) is 0 Å². The van der Waals surface area contributed by atoms with Gasteiger partial charge in [0.1, 0.15) is 5.75 Å². The normalized spacial score (nSPS) is 10.9. The number of benzene rings is 1. The van der Waals surface area contributed by atoms with Gasteiger partial charge in [0.15, 0.2) is 0 Å². The maximum atomic E-state index is 6.12. The Morgan fingerprint density at radius 3 is 2.67 bits per heavy atom. The predicted octanol–water partition coefficient (Wildman–Crippen LogP) is 4.34. The summed E-state index contributed by atoms with van der Waals surface area (Å²) in [5, 5.41) is 0.681. The highest BCUT2D eigenvalue weighted by molar-refractivity contribution is 6.32. The summed E-state index contributed by atoms with van der Waals surface area (Å²) in [6.07, 6.45) is 3.14. The molecule has 1 rings (SSSR count). The summed E-state index contributed by atoms with van der Waals surface area (Å²) in [6.45, 7) is 5.82. The summed E-state index contributed by atoms with van der Waals surface area (Å²) in [5.74, 6) is 1.50. The topological polar surface area (TPSA) is 18.5 Å². The van der Waals surface area contributed by atoms with Crippen LogP contribution >= 0.6 is 11.6 Å². The Morgan fingerprint density at radius 1 is 1.22 bits per heavy atom. The standard InChI is InChI=1S/C15H23ClO2/c1-12(2)5-6-13-7-8-14(16)15(11-13)18-10-4-9-17-3/h7-8,11-12H,4-6,9-10H2,1-3H3. The third-order valence-corrected chi connectivity index (χ3v) is 3.07. The molecule has 0 amide bonds. The Hall–Kier alpha value is -0.730. The van der Waals surface area contributed by atoms with Gasteiger partial charge in [-0.1, -0.05) is 31.5 Å². The van der Waals surface area contributed by atoms with Gasteiger partial charge in [0, 0.05) is 20.1 Å². The fourth-order valence-corrected chi connectivity index (χ4v) is 1.83. The largest absolute Gasteiger partial charge is 0.492 e. The predicted molar refractivity (Wildman–Crippen MR) is 76.6 cm³/mol. The van der Waals surface area contributed by atoms with Crippen LogP contribution in [-0.2, 0) is 11.2 Å². The third-order valence-electron chi connectivity index (χ3n) is 2.76. The van der Waals surface area contributed by atoms with Crippen molar-refractivity contribution < 1.29 is 9.47 Å². The van der Waals surface area contributed by atoms with Crippen molar-refractivity contribution in [3.8, 4) is 5.75 Å². The fourth-order valence-electron chi connectivity index (χ4n) is 1.65. The van der Waals surface area contributed by atoms with Crippen LogP contribution in [0, 0.1) is 5.92 Å². The maximum Gasteiger partial charge on any atom is 0.138 e. The van der Waals surface area contributed by atoms with E-state index in [1.807, 2.05) is 6.07 Å². The summed E-state index contributed by atoms with van der Waals surface area (Å²) in [5.41, 5.74) is 1.29. The Morgan fingerprint density at radius 2 is 2.00 bits per heavy atom. The van der Waals surface area contributed by atoms with E-state index in [2.05, 4.69) is 26.0 Å². The minimum atomic E-state index is 0.640. The van der Waals surface area contributed by atoms with Crippen LogP contribution in [0.4, 0.5) is 0 Å². The van der Waals surface area contributed by atoms with E-state index in [4.69, 9.17) is 21.1 Å². The first-order valence-corrected chi connectivity index (χ1v) is 6.91. The number of hydrogen-bond donors (Lipinski definition) is 0. The van der Waals surface area contributed by atoms with E-state index in [1.165, 1.54) is 12.0 Å². The third kappa shape index (κ3) is 5.74. The van der Waals surface area contributed by atoms with Crippen molar-refractivity contribution in [3.05, 3.63) is 28.8 Å². The second kappa shape index (κ2) is 8.39. The van der Waals surface area contributed by atoms with E-state index in [0.29, 0.717) is 24.2 Å². The van der Waals surface area contributed by atoms with E-state index in [1.54, 1.807) is 7.11 Å². The molecule has 0 radical (unpaired) electrons. The molecule has 102 valence electrons.